The molecule has 0 spiro atoms. The van der Waals surface area contributed by atoms with Crippen molar-refractivity contribution in [1.29, 1.82) is 0 Å². The van der Waals surface area contributed by atoms with E-state index in [0.717, 1.165) is 19.3 Å². The summed E-state index contributed by atoms with van der Waals surface area (Å²) in [6.45, 7) is 0. The average molecular weight is 262 g/mol. The molecular weight excluding hydrogens is 241 g/mol. The summed E-state index contributed by atoms with van der Waals surface area (Å²) in [6, 6.07) is 0. The molecule has 3 saturated carbocycles. The lowest BCUT2D eigenvalue weighted by Gasteiger charge is -2.44. The van der Waals surface area contributed by atoms with Crippen LogP contribution in [-0.4, -0.2) is 16.9 Å². The van der Waals surface area contributed by atoms with E-state index < -0.39 is 17.7 Å². The first kappa shape index (κ1) is 12.8. The van der Waals surface area contributed by atoms with Gasteiger partial charge in [-0.25, -0.2) is 0 Å². The Morgan fingerprint density at radius 2 is 1.83 bits per heavy atom. The number of aliphatic hydroxyl groups is 1. The highest BCUT2D eigenvalue weighted by Crippen LogP contribution is 2.56. The zero-order valence-corrected chi connectivity index (χ0v) is 10.5. The minimum absolute atomic E-state index is 0.0512. The molecule has 18 heavy (non-hydrogen) atoms. The summed E-state index contributed by atoms with van der Waals surface area (Å²) in [4.78, 5) is 0. The second-order valence-electron chi connectivity index (χ2n) is 6.72. The van der Waals surface area contributed by atoms with Crippen LogP contribution in [0.2, 0.25) is 0 Å². The molecule has 0 amide bonds. The molecule has 0 aromatic carbocycles. The van der Waals surface area contributed by atoms with Crippen molar-refractivity contribution in [3.05, 3.63) is 0 Å². The third kappa shape index (κ3) is 2.06. The van der Waals surface area contributed by atoms with E-state index in [4.69, 9.17) is 0 Å². The molecule has 0 aliphatic heterocycles. The maximum atomic E-state index is 12.8. The largest absolute Gasteiger partial charge is 0.391 e. The van der Waals surface area contributed by atoms with Gasteiger partial charge >= 0.3 is 6.18 Å². The molecule has 1 N–H and O–H groups in total. The second-order valence-corrected chi connectivity index (χ2v) is 6.72. The van der Waals surface area contributed by atoms with E-state index in [1.807, 2.05) is 0 Å². The first-order valence-corrected chi connectivity index (χ1v) is 7.17. The first-order chi connectivity index (χ1) is 8.38. The van der Waals surface area contributed by atoms with E-state index in [2.05, 4.69) is 0 Å². The van der Waals surface area contributed by atoms with Crippen LogP contribution in [0.15, 0.2) is 0 Å². The van der Waals surface area contributed by atoms with Crippen molar-refractivity contribution in [2.24, 2.45) is 23.7 Å². The summed E-state index contributed by atoms with van der Waals surface area (Å²) < 4.78 is 38.5. The Bertz CT molecular complexity index is 327. The van der Waals surface area contributed by atoms with Gasteiger partial charge in [-0.1, -0.05) is 6.42 Å². The molecule has 3 aliphatic carbocycles. The van der Waals surface area contributed by atoms with Crippen LogP contribution in [0.1, 0.15) is 51.4 Å². The molecule has 0 saturated heterocycles. The van der Waals surface area contributed by atoms with Gasteiger partial charge in [0.05, 0.1) is 11.5 Å². The number of alkyl halides is 3. The summed E-state index contributed by atoms with van der Waals surface area (Å²) in [6.07, 6.45) is 1.56. The minimum atomic E-state index is -4.13. The number of hydrogen-bond donors (Lipinski definition) is 1. The number of hydrogen-bond acceptors (Lipinski definition) is 1. The summed E-state index contributed by atoms with van der Waals surface area (Å²) in [5.74, 6) is 0.0269. The number of halogens is 3. The molecule has 2 bridgehead atoms. The van der Waals surface area contributed by atoms with Crippen LogP contribution in [0.25, 0.3) is 0 Å². The highest BCUT2D eigenvalue weighted by Gasteiger charge is 2.54. The third-order valence-electron chi connectivity index (χ3n) is 5.65. The van der Waals surface area contributed by atoms with Crippen molar-refractivity contribution in [3.8, 4) is 0 Å². The second kappa shape index (κ2) is 4.12. The molecule has 3 rings (SSSR count). The van der Waals surface area contributed by atoms with Gasteiger partial charge in [-0.05, 0) is 62.7 Å². The Labute approximate surface area is 106 Å². The van der Waals surface area contributed by atoms with Gasteiger partial charge in [-0.15, -0.1) is 0 Å². The predicted octanol–water partition coefficient (Wildman–Crippen LogP) is 3.91. The van der Waals surface area contributed by atoms with Gasteiger partial charge in [0.15, 0.2) is 0 Å². The molecule has 0 aromatic heterocycles. The van der Waals surface area contributed by atoms with Crippen LogP contribution in [-0.2, 0) is 0 Å². The normalized spacial score (nSPS) is 48.7. The van der Waals surface area contributed by atoms with E-state index in [9.17, 15) is 18.3 Å². The monoisotopic (exact) mass is 262 g/mol. The van der Waals surface area contributed by atoms with E-state index >= 15 is 0 Å². The zero-order chi connectivity index (χ0) is 13.0. The molecule has 3 aliphatic rings. The van der Waals surface area contributed by atoms with E-state index in [1.54, 1.807) is 0 Å². The number of fused-ring (bicyclic) bond motifs is 2. The first-order valence-electron chi connectivity index (χ1n) is 7.17. The van der Waals surface area contributed by atoms with Gasteiger partial charge in [0.2, 0.25) is 0 Å². The Morgan fingerprint density at radius 1 is 1.06 bits per heavy atom. The molecule has 0 radical (unpaired) electrons. The van der Waals surface area contributed by atoms with Crippen molar-refractivity contribution < 1.29 is 18.3 Å². The molecule has 5 unspecified atom stereocenters. The van der Waals surface area contributed by atoms with Crippen molar-refractivity contribution in [1.82, 2.24) is 0 Å². The fourth-order valence-electron chi connectivity index (χ4n) is 4.80. The minimum Gasteiger partial charge on any atom is -0.390 e. The van der Waals surface area contributed by atoms with Crippen LogP contribution in [0.5, 0.6) is 0 Å². The predicted molar refractivity (Wildman–Crippen MR) is 61.9 cm³/mol. The van der Waals surface area contributed by atoms with Gasteiger partial charge in [0, 0.05) is 0 Å². The van der Waals surface area contributed by atoms with Crippen LogP contribution >= 0.6 is 0 Å². The highest BCUT2D eigenvalue weighted by molar-refractivity contribution is 5.02. The Kier molecular flexibility index (Phi) is 2.92. The lowest BCUT2D eigenvalue weighted by Crippen LogP contribution is -2.47. The van der Waals surface area contributed by atoms with Crippen LogP contribution in [0, 0.1) is 23.7 Å². The van der Waals surface area contributed by atoms with Gasteiger partial charge in [-0.3, -0.25) is 0 Å². The maximum absolute atomic E-state index is 12.8. The van der Waals surface area contributed by atoms with Crippen molar-refractivity contribution in [2.45, 2.75) is 63.1 Å². The van der Waals surface area contributed by atoms with Crippen LogP contribution in [0.3, 0.4) is 0 Å². The Balaban J connectivity index is 1.74. The summed E-state index contributed by atoms with van der Waals surface area (Å²) in [5.41, 5.74) is -1.03. The molecule has 104 valence electrons. The van der Waals surface area contributed by atoms with Gasteiger partial charge in [0.1, 0.15) is 0 Å². The maximum Gasteiger partial charge on any atom is 0.391 e. The molecule has 4 heteroatoms. The topological polar surface area (TPSA) is 20.2 Å². The van der Waals surface area contributed by atoms with Crippen LogP contribution < -0.4 is 0 Å². The quantitative estimate of drug-likeness (QED) is 0.759. The van der Waals surface area contributed by atoms with Crippen molar-refractivity contribution in [2.75, 3.05) is 0 Å². The summed E-state index contributed by atoms with van der Waals surface area (Å²) in [5, 5.41) is 10.7. The molecule has 3 fully saturated rings. The molecule has 1 nitrogen and oxygen atoms in total. The van der Waals surface area contributed by atoms with Crippen molar-refractivity contribution in [3.63, 3.8) is 0 Å². The fraction of sp³-hybridized carbons (Fsp3) is 1.00. The van der Waals surface area contributed by atoms with Crippen molar-refractivity contribution >= 4 is 0 Å². The lowest BCUT2D eigenvalue weighted by molar-refractivity contribution is -0.209. The third-order valence-corrected chi connectivity index (χ3v) is 5.65. The Hall–Kier alpha value is -0.250. The average Bonchev–Trinajstić information content (AvgIpc) is 2.89. The molecular formula is C14H21F3O. The van der Waals surface area contributed by atoms with Crippen LogP contribution in [0.4, 0.5) is 13.2 Å². The van der Waals surface area contributed by atoms with E-state index in [-0.39, 0.29) is 18.8 Å². The molecule has 5 atom stereocenters. The fourth-order valence-corrected chi connectivity index (χ4v) is 4.80. The lowest BCUT2D eigenvalue weighted by atomic mass is 9.66. The summed E-state index contributed by atoms with van der Waals surface area (Å²) >= 11 is 0. The van der Waals surface area contributed by atoms with Gasteiger partial charge in [-0.2, -0.15) is 13.2 Å². The number of rotatable bonds is 1. The standard InChI is InChI=1S/C14H21F3O/c15-14(16,17)11-2-1-5-13(18,8-11)12-7-9-3-4-10(12)6-9/h9-12,18H,1-8H2. The molecule has 0 heterocycles. The highest BCUT2D eigenvalue weighted by atomic mass is 19.4. The Morgan fingerprint density at radius 3 is 2.39 bits per heavy atom. The summed E-state index contributed by atoms with van der Waals surface area (Å²) in [7, 11) is 0. The van der Waals surface area contributed by atoms with Gasteiger partial charge < -0.3 is 5.11 Å². The molecule has 0 aromatic rings. The van der Waals surface area contributed by atoms with E-state index in [1.165, 1.54) is 6.42 Å². The SMILES string of the molecule is OC1(C2CC3CCC2C3)CCCC(C(F)(F)F)C1. The zero-order valence-electron chi connectivity index (χ0n) is 10.5. The smallest absolute Gasteiger partial charge is 0.390 e. The van der Waals surface area contributed by atoms with E-state index in [0.29, 0.717) is 24.7 Å². The van der Waals surface area contributed by atoms with Gasteiger partial charge in [0.25, 0.3) is 0 Å².